The van der Waals surface area contributed by atoms with Gasteiger partial charge in [0.25, 0.3) is 5.91 Å². The third-order valence-corrected chi connectivity index (χ3v) is 4.09. The highest BCUT2D eigenvalue weighted by atomic mass is 16.3. The van der Waals surface area contributed by atoms with Gasteiger partial charge in [0.2, 0.25) is 0 Å². The smallest absolute Gasteiger partial charge is 0.291 e. The number of guanidine groups is 1. The lowest BCUT2D eigenvalue weighted by Gasteiger charge is -2.11. The quantitative estimate of drug-likeness (QED) is 0.405. The lowest BCUT2D eigenvalue weighted by Crippen LogP contribution is -2.38. The van der Waals surface area contributed by atoms with Gasteiger partial charge in [0.05, 0.1) is 12.8 Å². The SMILES string of the molecule is CCNC(=NCc1cccc(NC(=O)c2ccco2)c1)NCCc1ccccn1. The fourth-order valence-corrected chi connectivity index (χ4v) is 2.71. The number of anilines is 1. The largest absolute Gasteiger partial charge is 0.459 e. The van der Waals surface area contributed by atoms with Crippen LogP contribution in [0.5, 0.6) is 0 Å². The van der Waals surface area contributed by atoms with Crippen LogP contribution in [0.3, 0.4) is 0 Å². The molecule has 0 aliphatic carbocycles. The molecule has 0 spiro atoms. The topological polar surface area (TPSA) is 91.5 Å². The predicted octanol–water partition coefficient (Wildman–Crippen LogP) is 3.22. The van der Waals surface area contributed by atoms with Crippen LogP contribution in [0.25, 0.3) is 0 Å². The molecule has 3 N–H and O–H groups in total. The maximum absolute atomic E-state index is 12.1. The van der Waals surface area contributed by atoms with E-state index in [2.05, 4.69) is 25.9 Å². The molecule has 0 fully saturated rings. The van der Waals surface area contributed by atoms with Crippen molar-refractivity contribution in [2.24, 2.45) is 4.99 Å². The van der Waals surface area contributed by atoms with Crippen molar-refractivity contribution in [1.29, 1.82) is 0 Å². The molecule has 3 aromatic rings. The Morgan fingerprint density at radius 3 is 2.79 bits per heavy atom. The van der Waals surface area contributed by atoms with E-state index in [-0.39, 0.29) is 11.7 Å². The van der Waals surface area contributed by atoms with E-state index in [0.717, 1.165) is 36.7 Å². The van der Waals surface area contributed by atoms with Gasteiger partial charge in [0.1, 0.15) is 0 Å². The zero-order valence-corrected chi connectivity index (χ0v) is 16.4. The number of aliphatic imine (C=N–C) groups is 1. The Labute approximate surface area is 170 Å². The number of furan rings is 1. The van der Waals surface area contributed by atoms with Crippen molar-refractivity contribution in [3.8, 4) is 0 Å². The van der Waals surface area contributed by atoms with E-state index in [1.807, 2.05) is 49.4 Å². The molecule has 0 unspecified atom stereocenters. The molecular weight excluding hydrogens is 366 g/mol. The average Bonchev–Trinajstić information content (AvgIpc) is 3.28. The zero-order valence-electron chi connectivity index (χ0n) is 16.4. The van der Waals surface area contributed by atoms with Crippen molar-refractivity contribution in [2.75, 3.05) is 18.4 Å². The van der Waals surface area contributed by atoms with Crippen LogP contribution in [-0.2, 0) is 13.0 Å². The Kier molecular flexibility index (Phi) is 7.40. The Morgan fingerprint density at radius 1 is 1.10 bits per heavy atom. The highest BCUT2D eigenvalue weighted by Gasteiger charge is 2.08. The number of hydrogen-bond acceptors (Lipinski definition) is 4. The molecule has 150 valence electrons. The van der Waals surface area contributed by atoms with Gasteiger partial charge in [-0.05, 0) is 48.9 Å². The fraction of sp³-hybridized carbons (Fsp3) is 0.227. The average molecular weight is 391 g/mol. The molecule has 0 aliphatic rings. The Morgan fingerprint density at radius 2 is 2.03 bits per heavy atom. The summed E-state index contributed by atoms with van der Waals surface area (Å²) < 4.78 is 5.12. The first-order valence-corrected chi connectivity index (χ1v) is 9.60. The van der Waals surface area contributed by atoms with E-state index in [0.29, 0.717) is 12.2 Å². The van der Waals surface area contributed by atoms with Crippen LogP contribution >= 0.6 is 0 Å². The minimum absolute atomic E-state index is 0.278. The van der Waals surface area contributed by atoms with Crippen LogP contribution in [0.15, 0.2) is 76.5 Å². The first-order chi connectivity index (χ1) is 14.2. The number of carbonyl (C=O) groups excluding carboxylic acids is 1. The van der Waals surface area contributed by atoms with Gasteiger partial charge >= 0.3 is 0 Å². The molecule has 0 saturated carbocycles. The Bertz CT molecular complexity index is 923. The van der Waals surface area contributed by atoms with E-state index < -0.39 is 0 Å². The van der Waals surface area contributed by atoms with Gasteiger partial charge in [-0.25, -0.2) is 4.99 Å². The lowest BCUT2D eigenvalue weighted by atomic mass is 10.2. The number of amides is 1. The molecular formula is C22H25N5O2. The number of nitrogens with zero attached hydrogens (tertiary/aromatic N) is 2. The zero-order chi connectivity index (χ0) is 20.3. The van der Waals surface area contributed by atoms with Gasteiger partial charge in [0.15, 0.2) is 11.7 Å². The lowest BCUT2D eigenvalue weighted by molar-refractivity contribution is 0.0996. The number of rotatable bonds is 8. The summed E-state index contributed by atoms with van der Waals surface area (Å²) in [6.07, 6.45) is 4.09. The van der Waals surface area contributed by atoms with Crippen molar-refractivity contribution >= 4 is 17.6 Å². The van der Waals surface area contributed by atoms with Crippen molar-refractivity contribution in [1.82, 2.24) is 15.6 Å². The van der Waals surface area contributed by atoms with Gasteiger partial charge in [0, 0.05) is 37.1 Å². The van der Waals surface area contributed by atoms with E-state index in [1.165, 1.54) is 6.26 Å². The summed E-state index contributed by atoms with van der Waals surface area (Å²) in [5, 5.41) is 9.39. The van der Waals surface area contributed by atoms with Gasteiger partial charge in [-0.15, -0.1) is 0 Å². The van der Waals surface area contributed by atoms with Crippen molar-refractivity contribution in [3.05, 3.63) is 84.1 Å². The summed E-state index contributed by atoms with van der Waals surface area (Å²) in [4.78, 5) is 21.1. The van der Waals surface area contributed by atoms with Crippen LogP contribution in [-0.4, -0.2) is 29.9 Å². The summed E-state index contributed by atoms with van der Waals surface area (Å²) in [6, 6.07) is 16.8. The molecule has 0 atom stereocenters. The minimum atomic E-state index is -0.278. The molecule has 3 rings (SSSR count). The monoisotopic (exact) mass is 391 g/mol. The van der Waals surface area contributed by atoms with Gasteiger partial charge in [-0.1, -0.05) is 18.2 Å². The van der Waals surface area contributed by atoms with Crippen LogP contribution in [0.1, 0.15) is 28.7 Å². The normalized spacial score (nSPS) is 11.1. The highest BCUT2D eigenvalue weighted by Crippen LogP contribution is 2.13. The highest BCUT2D eigenvalue weighted by molar-refractivity contribution is 6.02. The second-order valence-corrected chi connectivity index (χ2v) is 6.32. The summed E-state index contributed by atoms with van der Waals surface area (Å²) in [5.41, 5.74) is 2.73. The third-order valence-electron chi connectivity index (χ3n) is 4.09. The van der Waals surface area contributed by atoms with Gasteiger partial charge in [-0.2, -0.15) is 0 Å². The molecule has 0 bridgehead atoms. The first kappa shape index (κ1) is 20.1. The van der Waals surface area contributed by atoms with Crippen LogP contribution in [0.4, 0.5) is 5.69 Å². The molecule has 7 nitrogen and oxygen atoms in total. The number of carbonyl (C=O) groups is 1. The number of hydrogen-bond donors (Lipinski definition) is 3. The summed E-state index contributed by atoms with van der Waals surface area (Å²) in [6.45, 7) is 4.03. The second-order valence-electron chi connectivity index (χ2n) is 6.32. The summed E-state index contributed by atoms with van der Waals surface area (Å²) >= 11 is 0. The van der Waals surface area contributed by atoms with E-state index >= 15 is 0 Å². The van der Waals surface area contributed by atoms with Gasteiger partial charge < -0.3 is 20.4 Å². The van der Waals surface area contributed by atoms with Crippen LogP contribution < -0.4 is 16.0 Å². The number of nitrogens with one attached hydrogen (secondary N) is 3. The Balaban J connectivity index is 1.56. The van der Waals surface area contributed by atoms with Crippen molar-refractivity contribution < 1.29 is 9.21 Å². The van der Waals surface area contributed by atoms with Gasteiger partial charge in [-0.3, -0.25) is 9.78 Å². The summed E-state index contributed by atoms with van der Waals surface area (Å²) in [5.74, 6) is 0.744. The van der Waals surface area contributed by atoms with E-state index in [9.17, 15) is 4.79 Å². The molecule has 1 aromatic carbocycles. The molecule has 29 heavy (non-hydrogen) atoms. The number of benzene rings is 1. The fourth-order valence-electron chi connectivity index (χ4n) is 2.71. The third kappa shape index (κ3) is 6.49. The van der Waals surface area contributed by atoms with E-state index in [1.54, 1.807) is 18.3 Å². The summed E-state index contributed by atoms with van der Waals surface area (Å²) in [7, 11) is 0. The standard InChI is InChI=1S/C22H25N5O2/c1-2-23-22(25-13-11-18-8-3-4-12-24-18)26-16-17-7-5-9-19(15-17)27-21(28)20-10-6-14-29-20/h3-10,12,14-15H,2,11,13,16H2,1H3,(H,27,28)(H2,23,25,26). The molecule has 7 heteroatoms. The molecule has 0 aliphatic heterocycles. The van der Waals surface area contributed by atoms with E-state index in [4.69, 9.17) is 4.42 Å². The van der Waals surface area contributed by atoms with Crippen molar-refractivity contribution in [3.63, 3.8) is 0 Å². The molecule has 0 saturated heterocycles. The minimum Gasteiger partial charge on any atom is -0.459 e. The maximum atomic E-state index is 12.1. The Hall–Kier alpha value is -3.61. The molecule has 0 radical (unpaired) electrons. The molecule has 2 aromatic heterocycles. The van der Waals surface area contributed by atoms with Crippen LogP contribution in [0, 0.1) is 0 Å². The maximum Gasteiger partial charge on any atom is 0.291 e. The number of pyridine rings is 1. The molecule has 2 heterocycles. The van der Waals surface area contributed by atoms with Crippen LogP contribution in [0.2, 0.25) is 0 Å². The second kappa shape index (κ2) is 10.7. The van der Waals surface area contributed by atoms with Crippen molar-refractivity contribution in [2.45, 2.75) is 19.9 Å². The predicted molar refractivity (Wildman–Crippen MR) is 114 cm³/mol. The number of aromatic nitrogens is 1. The molecule has 1 amide bonds. The first-order valence-electron chi connectivity index (χ1n) is 9.60.